The van der Waals surface area contributed by atoms with Gasteiger partial charge in [-0.1, -0.05) is 60.7 Å². The van der Waals surface area contributed by atoms with Gasteiger partial charge in [-0.05, 0) is 12.0 Å². The number of carbonyl (C=O) groups is 1. The van der Waals surface area contributed by atoms with Gasteiger partial charge in [-0.3, -0.25) is 14.2 Å². The minimum Gasteiger partial charge on any atom is -0.379 e. The molecule has 6 heteroatoms. The summed E-state index contributed by atoms with van der Waals surface area (Å²) in [6, 6.07) is 19.2. The lowest BCUT2D eigenvalue weighted by Crippen LogP contribution is -2.31. The van der Waals surface area contributed by atoms with E-state index in [0.717, 1.165) is 12.0 Å². The molecule has 0 aliphatic carbocycles. The van der Waals surface area contributed by atoms with Crippen molar-refractivity contribution in [3.8, 4) is 11.4 Å². The number of nitrogens with zero attached hydrogens (tertiary/aromatic N) is 2. The van der Waals surface area contributed by atoms with Crippen molar-refractivity contribution in [3.05, 3.63) is 82.8 Å². The molecule has 3 aromatic rings. The Kier molecular flexibility index (Phi) is 5.43. The Morgan fingerprint density at radius 2 is 1.69 bits per heavy atom. The summed E-state index contributed by atoms with van der Waals surface area (Å²) in [5, 5.41) is 3.11. The smallest absolute Gasteiger partial charge is 0.277 e. The van der Waals surface area contributed by atoms with Crippen LogP contribution in [-0.2, 0) is 17.8 Å². The molecule has 0 bridgehead atoms. The van der Waals surface area contributed by atoms with Gasteiger partial charge in [0.2, 0.25) is 5.91 Å². The zero-order valence-electron chi connectivity index (χ0n) is 14.3. The van der Waals surface area contributed by atoms with Gasteiger partial charge in [-0.15, -0.1) is 0 Å². The summed E-state index contributed by atoms with van der Waals surface area (Å²) in [6.45, 7) is 0.368. The normalized spacial score (nSPS) is 10.5. The van der Waals surface area contributed by atoms with Gasteiger partial charge in [0.25, 0.3) is 5.56 Å². The zero-order valence-corrected chi connectivity index (χ0v) is 14.3. The summed E-state index contributed by atoms with van der Waals surface area (Å²) in [6.07, 6.45) is 2.28. The van der Waals surface area contributed by atoms with E-state index in [1.807, 2.05) is 60.7 Å². The Morgan fingerprint density at radius 1 is 1.04 bits per heavy atom. The molecular formula is C20H20N4O2. The van der Waals surface area contributed by atoms with E-state index in [2.05, 4.69) is 10.3 Å². The van der Waals surface area contributed by atoms with Crippen molar-refractivity contribution in [2.45, 2.75) is 13.0 Å². The summed E-state index contributed by atoms with van der Waals surface area (Å²) in [5.74, 6) is -0.171. The average molecular weight is 348 g/mol. The number of rotatable bonds is 7. The molecule has 3 N–H and O–H groups in total. The Hall–Kier alpha value is -3.41. The van der Waals surface area contributed by atoms with Crippen molar-refractivity contribution in [3.63, 3.8) is 0 Å². The number of amides is 1. The van der Waals surface area contributed by atoms with Crippen LogP contribution in [0.5, 0.6) is 0 Å². The van der Waals surface area contributed by atoms with Crippen molar-refractivity contribution >= 4 is 11.6 Å². The molecule has 0 atom stereocenters. The molecule has 0 unspecified atom stereocenters. The van der Waals surface area contributed by atoms with Crippen LogP contribution in [0.1, 0.15) is 5.56 Å². The van der Waals surface area contributed by atoms with E-state index < -0.39 is 5.91 Å². The van der Waals surface area contributed by atoms with Crippen molar-refractivity contribution in [1.29, 1.82) is 0 Å². The van der Waals surface area contributed by atoms with E-state index in [4.69, 9.17) is 5.73 Å². The highest BCUT2D eigenvalue weighted by Crippen LogP contribution is 2.16. The van der Waals surface area contributed by atoms with Crippen molar-refractivity contribution in [1.82, 2.24) is 9.55 Å². The molecule has 0 spiro atoms. The van der Waals surface area contributed by atoms with E-state index in [1.54, 1.807) is 0 Å². The van der Waals surface area contributed by atoms with Gasteiger partial charge in [0.1, 0.15) is 18.1 Å². The summed E-state index contributed by atoms with van der Waals surface area (Å²) in [7, 11) is 0. The first-order chi connectivity index (χ1) is 12.6. The van der Waals surface area contributed by atoms with Crippen LogP contribution in [0.4, 0.5) is 5.69 Å². The van der Waals surface area contributed by atoms with Crippen LogP contribution in [0.25, 0.3) is 11.4 Å². The van der Waals surface area contributed by atoms with Crippen molar-refractivity contribution in [2.75, 3.05) is 11.9 Å². The van der Waals surface area contributed by atoms with E-state index >= 15 is 0 Å². The van der Waals surface area contributed by atoms with Gasteiger partial charge >= 0.3 is 0 Å². The van der Waals surface area contributed by atoms with E-state index in [1.165, 1.54) is 16.3 Å². The third-order valence-electron chi connectivity index (χ3n) is 3.97. The quantitative estimate of drug-likeness (QED) is 0.684. The van der Waals surface area contributed by atoms with E-state index in [9.17, 15) is 9.59 Å². The summed E-state index contributed by atoms with van der Waals surface area (Å²) < 4.78 is 1.31. The topological polar surface area (TPSA) is 90.0 Å². The molecule has 0 saturated carbocycles. The Balaban J connectivity index is 1.85. The minimum atomic E-state index is -0.590. The lowest BCUT2D eigenvalue weighted by molar-refractivity contribution is -0.118. The number of hydrogen-bond acceptors (Lipinski definition) is 4. The maximum absolute atomic E-state index is 12.8. The van der Waals surface area contributed by atoms with Gasteiger partial charge in [0.15, 0.2) is 0 Å². The van der Waals surface area contributed by atoms with Crippen LogP contribution < -0.4 is 16.6 Å². The molecule has 132 valence electrons. The average Bonchev–Trinajstić information content (AvgIpc) is 2.66. The lowest BCUT2D eigenvalue weighted by Gasteiger charge is -2.13. The molecule has 1 aromatic heterocycles. The lowest BCUT2D eigenvalue weighted by atomic mass is 10.1. The number of anilines is 1. The third-order valence-corrected chi connectivity index (χ3v) is 3.97. The van der Waals surface area contributed by atoms with Gasteiger partial charge in [-0.25, -0.2) is 4.98 Å². The highest BCUT2D eigenvalue weighted by Gasteiger charge is 2.13. The molecule has 2 aromatic carbocycles. The fourth-order valence-corrected chi connectivity index (χ4v) is 2.72. The van der Waals surface area contributed by atoms with Crippen molar-refractivity contribution in [2.24, 2.45) is 5.73 Å². The molecule has 1 heterocycles. The number of nitrogens with two attached hydrogens (primary N) is 1. The minimum absolute atomic E-state index is 0.218. The Bertz CT molecular complexity index is 937. The SMILES string of the molecule is NC(=O)Cn1c(-c2ccccc2)ncc(NCCc2ccccc2)c1=O. The Labute approximate surface area is 151 Å². The molecule has 0 saturated heterocycles. The molecule has 1 amide bonds. The first kappa shape index (κ1) is 17.4. The fraction of sp³-hybridized carbons (Fsp3) is 0.150. The number of primary amides is 1. The number of carbonyl (C=O) groups excluding carboxylic acids is 1. The van der Waals surface area contributed by atoms with Gasteiger partial charge in [0.05, 0.1) is 6.20 Å². The van der Waals surface area contributed by atoms with Crippen LogP contribution in [0, 0.1) is 0 Å². The molecular weight excluding hydrogens is 328 g/mol. The van der Waals surface area contributed by atoms with Crippen LogP contribution >= 0.6 is 0 Å². The second-order valence-corrected chi connectivity index (χ2v) is 5.88. The molecule has 0 aliphatic heterocycles. The highest BCUT2D eigenvalue weighted by molar-refractivity contribution is 5.74. The number of benzene rings is 2. The van der Waals surface area contributed by atoms with E-state index in [0.29, 0.717) is 18.1 Å². The first-order valence-corrected chi connectivity index (χ1v) is 8.36. The number of hydrogen-bond donors (Lipinski definition) is 2. The summed E-state index contributed by atoms with van der Waals surface area (Å²) >= 11 is 0. The van der Waals surface area contributed by atoms with E-state index in [-0.39, 0.29) is 12.1 Å². The summed E-state index contributed by atoms with van der Waals surface area (Å²) in [4.78, 5) is 28.6. The number of aromatic nitrogens is 2. The maximum atomic E-state index is 12.8. The largest absolute Gasteiger partial charge is 0.379 e. The van der Waals surface area contributed by atoms with Crippen LogP contribution in [0.15, 0.2) is 71.7 Å². The second kappa shape index (κ2) is 8.11. The van der Waals surface area contributed by atoms with Crippen LogP contribution in [-0.4, -0.2) is 22.0 Å². The zero-order chi connectivity index (χ0) is 18.4. The second-order valence-electron chi connectivity index (χ2n) is 5.88. The summed E-state index contributed by atoms with van der Waals surface area (Å²) in [5.41, 5.74) is 7.28. The highest BCUT2D eigenvalue weighted by atomic mass is 16.2. The molecule has 26 heavy (non-hydrogen) atoms. The van der Waals surface area contributed by atoms with Gasteiger partial charge in [0, 0.05) is 12.1 Å². The third kappa shape index (κ3) is 4.16. The number of nitrogens with one attached hydrogen (secondary N) is 1. The molecule has 0 aliphatic rings. The Morgan fingerprint density at radius 3 is 2.35 bits per heavy atom. The monoisotopic (exact) mass is 348 g/mol. The van der Waals surface area contributed by atoms with Crippen molar-refractivity contribution < 1.29 is 4.79 Å². The van der Waals surface area contributed by atoms with Crippen LogP contribution in [0.2, 0.25) is 0 Å². The van der Waals surface area contributed by atoms with Crippen LogP contribution in [0.3, 0.4) is 0 Å². The standard InChI is InChI=1S/C20H20N4O2/c21-18(25)14-24-19(16-9-5-2-6-10-16)23-13-17(20(24)26)22-12-11-15-7-3-1-4-8-15/h1-10,13,22H,11-12,14H2,(H2,21,25). The van der Waals surface area contributed by atoms with Gasteiger partial charge < -0.3 is 11.1 Å². The predicted octanol–water partition coefficient (Wildman–Crippen LogP) is 2.05. The molecule has 0 fully saturated rings. The maximum Gasteiger partial charge on any atom is 0.277 e. The first-order valence-electron chi connectivity index (χ1n) is 8.36. The fourth-order valence-electron chi connectivity index (χ4n) is 2.72. The molecule has 3 rings (SSSR count). The van der Waals surface area contributed by atoms with Gasteiger partial charge in [-0.2, -0.15) is 0 Å². The predicted molar refractivity (Wildman–Crippen MR) is 102 cm³/mol. The molecule has 0 radical (unpaired) electrons. The molecule has 6 nitrogen and oxygen atoms in total.